The van der Waals surface area contributed by atoms with Crippen LogP contribution in [-0.4, -0.2) is 38.7 Å². The van der Waals surface area contributed by atoms with E-state index in [9.17, 15) is 4.79 Å². The van der Waals surface area contributed by atoms with E-state index in [4.69, 9.17) is 4.74 Å². The molecule has 0 radical (unpaired) electrons. The van der Waals surface area contributed by atoms with E-state index in [-0.39, 0.29) is 5.91 Å². The number of nitrogens with zero attached hydrogens (tertiary/aromatic N) is 4. The molecule has 1 amide bonds. The minimum absolute atomic E-state index is 0.00730. The van der Waals surface area contributed by atoms with Crippen molar-refractivity contribution in [3.05, 3.63) is 29.3 Å². The molecule has 7 nitrogen and oxygen atoms in total. The van der Waals surface area contributed by atoms with E-state index in [1.165, 1.54) is 0 Å². The molecule has 7 heteroatoms. The van der Waals surface area contributed by atoms with Gasteiger partial charge in [-0.25, -0.2) is 0 Å². The Bertz CT molecular complexity index is 713. The monoisotopic (exact) mass is 331 g/mol. The standard InChI is InChI=1S/C17H25N5O2/c1-12-16(11-22(20-12)15-6-8-24-9-7-15)19-17(23)5-4-14-10-18-21(3)13(14)2/h10-11,15H,4-9H2,1-3H3,(H,19,23). The predicted octanol–water partition coefficient (Wildman–Crippen LogP) is 2.16. The van der Waals surface area contributed by atoms with E-state index in [1.807, 2.05) is 42.7 Å². The second-order valence-corrected chi connectivity index (χ2v) is 6.38. The van der Waals surface area contributed by atoms with E-state index in [2.05, 4.69) is 15.5 Å². The fraction of sp³-hybridized carbons (Fsp3) is 0.588. The largest absolute Gasteiger partial charge is 0.381 e. The lowest BCUT2D eigenvalue weighted by atomic mass is 10.1. The maximum Gasteiger partial charge on any atom is 0.224 e. The van der Waals surface area contributed by atoms with Crippen LogP contribution in [0, 0.1) is 13.8 Å². The van der Waals surface area contributed by atoms with Gasteiger partial charge in [-0.3, -0.25) is 14.2 Å². The summed E-state index contributed by atoms with van der Waals surface area (Å²) in [5.41, 5.74) is 3.87. The number of hydrogen-bond donors (Lipinski definition) is 1. The fourth-order valence-electron chi connectivity index (χ4n) is 2.99. The van der Waals surface area contributed by atoms with Gasteiger partial charge >= 0.3 is 0 Å². The molecule has 0 aromatic carbocycles. The molecule has 0 bridgehead atoms. The molecule has 1 N–H and O–H groups in total. The summed E-state index contributed by atoms with van der Waals surface area (Å²) in [6.07, 6.45) is 6.84. The topological polar surface area (TPSA) is 74.0 Å². The third-order valence-electron chi connectivity index (χ3n) is 4.71. The van der Waals surface area contributed by atoms with Crippen molar-refractivity contribution in [3.63, 3.8) is 0 Å². The molecular formula is C17H25N5O2. The smallest absolute Gasteiger partial charge is 0.224 e. The van der Waals surface area contributed by atoms with Crippen molar-refractivity contribution >= 4 is 11.6 Å². The van der Waals surface area contributed by atoms with Crippen LogP contribution in [0.25, 0.3) is 0 Å². The van der Waals surface area contributed by atoms with Gasteiger partial charge in [0.25, 0.3) is 0 Å². The number of rotatable bonds is 5. The summed E-state index contributed by atoms with van der Waals surface area (Å²) in [6, 6.07) is 0.362. The minimum atomic E-state index is 0.00730. The molecule has 0 spiro atoms. The first-order chi connectivity index (χ1) is 11.5. The quantitative estimate of drug-likeness (QED) is 0.911. The van der Waals surface area contributed by atoms with Crippen LogP contribution >= 0.6 is 0 Å². The summed E-state index contributed by atoms with van der Waals surface area (Å²) in [5, 5.41) is 11.8. The molecule has 1 saturated heterocycles. The van der Waals surface area contributed by atoms with Crippen LogP contribution < -0.4 is 5.32 Å². The number of hydrogen-bond acceptors (Lipinski definition) is 4. The van der Waals surface area contributed by atoms with E-state index < -0.39 is 0 Å². The first-order valence-electron chi connectivity index (χ1n) is 8.45. The first kappa shape index (κ1) is 16.7. The summed E-state index contributed by atoms with van der Waals surface area (Å²) < 4.78 is 9.19. The average molecular weight is 331 g/mol. The van der Waals surface area contributed by atoms with Crippen LogP contribution in [-0.2, 0) is 23.0 Å². The predicted molar refractivity (Wildman–Crippen MR) is 90.9 cm³/mol. The van der Waals surface area contributed by atoms with Gasteiger partial charge < -0.3 is 10.1 Å². The molecule has 2 aromatic heterocycles. The van der Waals surface area contributed by atoms with Crippen LogP contribution in [0.1, 0.15) is 42.3 Å². The van der Waals surface area contributed by atoms with Crippen molar-refractivity contribution in [2.45, 2.75) is 45.6 Å². The zero-order valence-corrected chi connectivity index (χ0v) is 14.6. The summed E-state index contributed by atoms with van der Waals surface area (Å²) in [7, 11) is 1.91. The lowest BCUT2D eigenvalue weighted by Gasteiger charge is -2.22. The molecule has 2 aromatic rings. The average Bonchev–Trinajstić information content (AvgIpc) is 3.10. The number of nitrogens with one attached hydrogen (secondary N) is 1. The van der Waals surface area contributed by atoms with Gasteiger partial charge in [-0.2, -0.15) is 10.2 Å². The zero-order valence-electron chi connectivity index (χ0n) is 14.6. The van der Waals surface area contributed by atoms with Gasteiger partial charge in [-0.05, 0) is 38.7 Å². The van der Waals surface area contributed by atoms with Crippen molar-refractivity contribution in [3.8, 4) is 0 Å². The highest BCUT2D eigenvalue weighted by molar-refractivity contribution is 5.91. The third-order valence-corrected chi connectivity index (χ3v) is 4.71. The van der Waals surface area contributed by atoms with E-state index in [0.29, 0.717) is 18.9 Å². The van der Waals surface area contributed by atoms with Gasteiger partial charge in [0.1, 0.15) is 0 Å². The Morgan fingerprint density at radius 1 is 1.38 bits per heavy atom. The fourth-order valence-corrected chi connectivity index (χ4v) is 2.99. The van der Waals surface area contributed by atoms with Gasteiger partial charge in [0.15, 0.2) is 0 Å². The number of carbonyl (C=O) groups excluding carboxylic acids is 1. The molecule has 3 heterocycles. The Balaban J connectivity index is 1.58. The number of amides is 1. The molecule has 1 fully saturated rings. The Morgan fingerprint density at radius 2 is 2.12 bits per heavy atom. The summed E-state index contributed by atoms with van der Waals surface area (Å²) in [6.45, 7) is 5.49. The minimum Gasteiger partial charge on any atom is -0.381 e. The second-order valence-electron chi connectivity index (χ2n) is 6.38. The summed E-state index contributed by atoms with van der Waals surface area (Å²) >= 11 is 0. The van der Waals surface area contributed by atoms with Gasteiger partial charge in [-0.1, -0.05) is 0 Å². The zero-order chi connectivity index (χ0) is 17.1. The van der Waals surface area contributed by atoms with E-state index in [0.717, 1.165) is 48.7 Å². The Labute approximate surface area is 142 Å². The van der Waals surface area contributed by atoms with E-state index in [1.54, 1.807) is 0 Å². The van der Waals surface area contributed by atoms with Gasteiger partial charge in [0, 0.05) is 38.6 Å². The molecule has 24 heavy (non-hydrogen) atoms. The lowest BCUT2D eigenvalue weighted by molar-refractivity contribution is -0.116. The van der Waals surface area contributed by atoms with Crippen LogP contribution in [0.2, 0.25) is 0 Å². The van der Waals surface area contributed by atoms with Crippen LogP contribution in [0.4, 0.5) is 5.69 Å². The molecule has 0 aliphatic carbocycles. The Morgan fingerprint density at radius 3 is 2.79 bits per heavy atom. The summed E-state index contributed by atoms with van der Waals surface area (Å²) in [5.74, 6) is 0.00730. The molecule has 0 unspecified atom stereocenters. The Kier molecular flexibility index (Phi) is 4.99. The molecule has 3 rings (SSSR count). The number of aryl methyl sites for hydroxylation is 3. The van der Waals surface area contributed by atoms with Crippen molar-refractivity contribution < 1.29 is 9.53 Å². The van der Waals surface area contributed by atoms with Gasteiger partial charge in [0.2, 0.25) is 5.91 Å². The number of aromatic nitrogens is 4. The van der Waals surface area contributed by atoms with Crippen LogP contribution in [0.3, 0.4) is 0 Å². The van der Waals surface area contributed by atoms with Crippen LogP contribution in [0.15, 0.2) is 12.4 Å². The molecule has 1 aliphatic heterocycles. The number of carbonyl (C=O) groups is 1. The molecule has 0 atom stereocenters. The normalized spacial score (nSPS) is 15.6. The van der Waals surface area contributed by atoms with Gasteiger partial charge in [0.05, 0.1) is 23.6 Å². The molecule has 130 valence electrons. The summed E-state index contributed by atoms with van der Waals surface area (Å²) in [4.78, 5) is 12.2. The first-order valence-corrected chi connectivity index (χ1v) is 8.45. The molecule has 1 aliphatic rings. The number of ether oxygens (including phenoxy) is 1. The van der Waals surface area contributed by atoms with E-state index >= 15 is 0 Å². The maximum absolute atomic E-state index is 12.2. The van der Waals surface area contributed by atoms with Crippen molar-refractivity contribution in [1.82, 2.24) is 19.6 Å². The third kappa shape index (κ3) is 3.67. The maximum atomic E-state index is 12.2. The van der Waals surface area contributed by atoms with Crippen molar-refractivity contribution in [1.29, 1.82) is 0 Å². The highest BCUT2D eigenvalue weighted by Gasteiger charge is 2.18. The van der Waals surface area contributed by atoms with Crippen molar-refractivity contribution in [2.75, 3.05) is 18.5 Å². The lowest BCUT2D eigenvalue weighted by Crippen LogP contribution is -2.20. The van der Waals surface area contributed by atoms with Gasteiger partial charge in [-0.15, -0.1) is 0 Å². The second kappa shape index (κ2) is 7.17. The highest BCUT2D eigenvalue weighted by atomic mass is 16.5. The molecular weight excluding hydrogens is 306 g/mol. The molecule has 0 saturated carbocycles. The highest BCUT2D eigenvalue weighted by Crippen LogP contribution is 2.23. The SMILES string of the molecule is Cc1nn(C2CCOCC2)cc1NC(=O)CCc1cnn(C)c1C. The van der Waals surface area contributed by atoms with Crippen LogP contribution in [0.5, 0.6) is 0 Å². The van der Waals surface area contributed by atoms with Crippen molar-refractivity contribution in [2.24, 2.45) is 7.05 Å². The number of anilines is 1. The Hall–Kier alpha value is -2.15.